The van der Waals surface area contributed by atoms with Gasteiger partial charge in [-0.25, -0.2) is 9.59 Å². The van der Waals surface area contributed by atoms with E-state index in [-0.39, 0.29) is 19.2 Å². The zero-order valence-corrected chi connectivity index (χ0v) is 17.4. The number of carbonyl (C=O) groups is 3. The van der Waals surface area contributed by atoms with Crippen molar-refractivity contribution in [1.29, 1.82) is 0 Å². The molecule has 30 heavy (non-hydrogen) atoms. The summed E-state index contributed by atoms with van der Waals surface area (Å²) in [6.45, 7) is 5.51. The second kappa shape index (κ2) is 8.67. The van der Waals surface area contributed by atoms with Crippen LogP contribution < -0.4 is 0 Å². The molecule has 2 bridgehead atoms. The number of Topliss-reactive ketones (excluding diaryl/α,β-unsaturated/α-hetero) is 1. The molecule has 1 aromatic carbocycles. The molecule has 1 aromatic rings. The summed E-state index contributed by atoms with van der Waals surface area (Å²) in [7, 11) is 0. The van der Waals surface area contributed by atoms with Crippen molar-refractivity contribution >= 4 is 24.2 Å². The summed E-state index contributed by atoms with van der Waals surface area (Å²) < 4.78 is 10.9. The first kappa shape index (κ1) is 21.5. The molecule has 2 saturated heterocycles. The molecule has 0 N–H and O–H groups in total. The topological polar surface area (TPSA) is 113 Å². The van der Waals surface area contributed by atoms with Gasteiger partial charge >= 0.3 is 18.4 Å². The van der Waals surface area contributed by atoms with Gasteiger partial charge in [0.05, 0.1) is 12.1 Å². The van der Waals surface area contributed by atoms with Crippen LogP contribution in [0.1, 0.15) is 39.2 Å². The highest BCUT2D eigenvalue weighted by Gasteiger charge is 2.54. The van der Waals surface area contributed by atoms with E-state index in [1.165, 1.54) is 4.90 Å². The number of nitrogens with zero attached hydrogens (tertiary/aromatic N) is 4. The summed E-state index contributed by atoms with van der Waals surface area (Å²) in [6, 6.07) is 7.35. The Hall–Kier alpha value is -3.19. The van der Waals surface area contributed by atoms with Crippen molar-refractivity contribution in [2.24, 2.45) is 0 Å². The van der Waals surface area contributed by atoms with E-state index < -0.39 is 35.7 Å². The first-order valence-electron chi connectivity index (χ1n) is 9.91. The highest BCUT2D eigenvalue weighted by molar-refractivity contribution is 6.28. The van der Waals surface area contributed by atoms with Gasteiger partial charge in [-0.05, 0) is 39.2 Å². The molecule has 0 saturated carbocycles. The first-order chi connectivity index (χ1) is 14.2. The minimum absolute atomic E-state index is 0.0658. The third kappa shape index (κ3) is 4.68. The van der Waals surface area contributed by atoms with Crippen molar-refractivity contribution < 1.29 is 28.6 Å². The van der Waals surface area contributed by atoms with Crippen molar-refractivity contribution in [3.8, 4) is 0 Å². The number of ether oxygens (including phenoxy) is 2. The molecule has 3 atom stereocenters. The summed E-state index contributed by atoms with van der Waals surface area (Å²) in [4.78, 5) is 44.0. The van der Waals surface area contributed by atoms with Gasteiger partial charge in [0, 0.05) is 6.54 Å². The molecule has 1 unspecified atom stereocenters. The fraction of sp³-hybridized carbons (Fsp3) is 0.524. The second-order valence-corrected chi connectivity index (χ2v) is 8.47. The van der Waals surface area contributed by atoms with Crippen LogP contribution in [-0.4, -0.2) is 69.0 Å². The minimum Gasteiger partial charge on any atom is -0.445 e. The lowest BCUT2D eigenvalue weighted by molar-refractivity contribution is -0.124. The van der Waals surface area contributed by atoms with E-state index in [0.717, 1.165) is 11.8 Å². The van der Waals surface area contributed by atoms with Crippen LogP contribution in [0.25, 0.3) is 5.53 Å². The summed E-state index contributed by atoms with van der Waals surface area (Å²) in [5.41, 5.74) is 8.98. The van der Waals surface area contributed by atoms with E-state index >= 15 is 0 Å². The van der Waals surface area contributed by atoms with E-state index in [0.29, 0.717) is 12.8 Å². The molecule has 0 aliphatic carbocycles. The normalized spacial score (nSPS) is 22.8. The fourth-order valence-electron chi connectivity index (χ4n) is 4.02. The summed E-state index contributed by atoms with van der Waals surface area (Å²) >= 11 is 0. The Bertz CT molecular complexity index is 860. The molecule has 2 fully saturated rings. The van der Waals surface area contributed by atoms with Crippen LogP contribution in [0, 0.1) is 0 Å². The van der Waals surface area contributed by atoms with Crippen molar-refractivity contribution in [3.05, 3.63) is 41.4 Å². The standard InChI is InChI=1S/C21H26N4O5/c1-21(2,3)30-20(28)25-15-9-10-16(25)18(17(26)11-23-22)24(12-15)19(27)29-13-14-7-5-4-6-8-14/h4-8,11,15-16,18H,9-10,12-13H2,1-3H3/t15-,16+,18?/m1/s1. The van der Waals surface area contributed by atoms with Crippen LogP contribution in [0.4, 0.5) is 9.59 Å². The number of likely N-dealkylation sites (tertiary alicyclic amines) is 1. The Morgan fingerprint density at radius 1 is 1.17 bits per heavy atom. The Morgan fingerprint density at radius 2 is 1.87 bits per heavy atom. The lowest BCUT2D eigenvalue weighted by Gasteiger charge is -2.44. The Labute approximate surface area is 175 Å². The van der Waals surface area contributed by atoms with Crippen molar-refractivity contribution in [2.75, 3.05) is 6.54 Å². The highest BCUT2D eigenvalue weighted by Crippen LogP contribution is 2.36. The molecule has 2 aliphatic heterocycles. The quantitative estimate of drug-likeness (QED) is 0.427. The Kier molecular flexibility index (Phi) is 6.22. The Balaban J connectivity index is 1.81. The van der Waals surface area contributed by atoms with E-state index in [1.807, 2.05) is 30.3 Å². The summed E-state index contributed by atoms with van der Waals surface area (Å²) in [5.74, 6) is -0.576. The predicted molar refractivity (Wildman–Crippen MR) is 107 cm³/mol. The van der Waals surface area contributed by atoms with Crippen LogP contribution in [0.2, 0.25) is 0 Å². The third-order valence-corrected chi connectivity index (χ3v) is 5.17. The molecule has 0 spiro atoms. The number of piperazine rings is 1. The molecule has 0 aromatic heterocycles. The van der Waals surface area contributed by atoms with Crippen LogP contribution in [0.5, 0.6) is 0 Å². The van der Waals surface area contributed by atoms with E-state index in [9.17, 15) is 14.4 Å². The van der Waals surface area contributed by atoms with E-state index in [1.54, 1.807) is 25.7 Å². The van der Waals surface area contributed by atoms with Crippen molar-refractivity contribution in [2.45, 2.75) is 63.9 Å². The summed E-state index contributed by atoms with van der Waals surface area (Å²) in [5, 5.41) is 0. The number of hydrogen-bond acceptors (Lipinski definition) is 5. The number of carbonyl (C=O) groups excluding carboxylic acids is 3. The molecule has 2 amide bonds. The molecule has 9 nitrogen and oxygen atoms in total. The lowest BCUT2D eigenvalue weighted by Crippen LogP contribution is -2.65. The summed E-state index contributed by atoms with van der Waals surface area (Å²) in [6.07, 6.45) is 0.748. The zero-order chi connectivity index (χ0) is 21.9. The first-order valence-corrected chi connectivity index (χ1v) is 9.91. The van der Waals surface area contributed by atoms with Gasteiger partial charge < -0.3 is 15.0 Å². The average Bonchev–Trinajstić information content (AvgIpc) is 2.99. The predicted octanol–water partition coefficient (Wildman–Crippen LogP) is 2.65. The van der Waals surface area contributed by atoms with Gasteiger partial charge in [0.2, 0.25) is 0 Å². The molecule has 0 radical (unpaired) electrons. The van der Waals surface area contributed by atoms with Gasteiger partial charge in [0.1, 0.15) is 18.2 Å². The Morgan fingerprint density at radius 3 is 2.50 bits per heavy atom. The SMILES string of the molecule is CC(C)(C)OC(=O)N1[C@@H]2CC[C@H]1C(C(=O)C=[N+]=[N-])N(C(=O)OCc1ccccc1)C2. The fourth-order valence-corrected chi connectivity index (χ4v) is 4.02. The maximum atomic E-state index is 12.8. The van der Waals surface area contributed by atoms with Gasteiger partial charge in [-0.3, -0.25) is 14.6 Å². The average molecular weight is 414 g/mol. The number of benzene rings is 1. The maximum absolute atomic E-state index is 12.8. The molecular weight excluding hydrogens is 388 g/mol. The van der Waals surface area contributed by atoms with E-state index in [2.05, 4.69) is 4.79 Å². The van der Waals surface area contributed by atoms with Gasteiger partial charge in [-0.2, -0.15) is 4.79 Å². The number of fused-ring (bicyclic) bond motifs is 2. The maximum Gasteiger partial charge on any atom is 0.410 e. The molecule has 2 heterocycles. The van der Waals surface area contributed by atoms with Crippen LogP contribution in [-0.2, 0) is 20.9 Å². The molecular formula is C21H26N4O5. The molecule has 3 rings (SSSR count). The number of amides is 2. The largest absolute Gasteiger partial charge is 0.445 e. The van der Waals surface area contributed by atoms with Crippen molar-refractivity contribution in [3.63, 3.8) is 0 Å². The smallest absolute Gasteiger partial charge is 0.410 e. The highest BCUT2D eigenvalue weighted by atomic mass is 16.6. The molecule has 160 valence electrons. The molecule has 2 aliphatic rings. The van der Waals surface area contributed by atoms with Crippen LogP contribution >= 0.6 is 0 Å². The zero-order valence-electron chi connectivity index (χ0n) is 17.4. The monoisotopic (exact) mass is 414 g/mol. The number of hydrogen-bond donors (Lipinski definition) is 0. The second-order valence-electron chi connectivity index (χ2n) is 8.47. The molecule has 9 heteroatoms. The van der Waals surface area contributed by atoms with Gasteiger partial charge in [-0.1, -0.05) is 30.3 Å². The van der Waals surface area contributed by atoms with Crippen LogP contribution in [0.15, 0.2) is 30.3 Å². The van der Waals surface area contributed by atoms with Crippen molar-refractivity contribution in [1.82, 2.24) is 9.80 Å². The number of ketones is 1. The van der Waals surface area contributed by atoms with Gasteiger partial charge in [0.25, 0.3) is 5.78 Å². The van der Waals surface area contributed by atoms with E-state index in [4.69, 9.17) is 15.0 Å². The van der Waals surface area contributed by atoms with Gasteiger partial charge in [0.15, 0.2) is 0 Å². The minimum atomic E-state index is -1.00. The van der Waals surface area contributed by atoms with Gasteiger partial charge in [-0.15, -0.1) is 0 Å². The lowest BCUT2D eigenvalue weighted by atomic mass is 9.99. The third-order valence-electron chi connectivity index (χ3n) is 5.17. The van der Waals surface area contributed by atoms with Crippen LogP contribution in [0.3, 0.4) is 0 Å². The number of rotatable bonds is 4.